The van der Waals surface area contributed by atoms with Gasteiger partial charge in [0, 0.05) is 30.9 Å². The lowest BCUT2D eigenvalue weighted by Gasteiger charge is -2.18. The Kier molecular flexibility index (Phi) is 2.90. The molecule has 0 saturated carbocycles. The van der Waals surface area contributed by atoms with Gasteiger partial charge in [-0.15, -0.1) is 0 Å². The molecule has 0 spiro atoms. The minimum absolute atomic E-state index is 0.0905. The number of nitrogens with one attached hydrogen (secondary N) is 1. The van der Waals surface area contributed by atoms with Gasteiger partial charge in [-0.1, -0.05) is 18.2 Å². The van der Waals surface area contributed by atoms with Gasteiger partial charge < -0.3 is 10.1 Å². The number of aromatic nitrogens is 1. The van der Waals surface area contributed by atoms with E-state index in [2.05, 4.69) is 42.3 Å². The van der Waals surface area contributed by atoms with Crippen LogP contribution >= 0.6 is 0 Å². The molecule has 1 aliphatic heterocycles. The van der Waals surface area contributed by atoms with Crippen molar-refractivity contribution in [3.63, 3.8) is 0 Å². The van der Waals surface area contributed by atoms with Crippen LogP contribution in [-0.4, -0.2) is 10.6 Å². The largest absolute Gasteiger partial charge is 0.487 e. The highest BCUT2D eigenvalue weighted by atomic mass is 16.5. The van der Waals surface area contributed by atoms with Crippen molar-refractivity contribution in [2.24, 2.45) is 0 Å². The Morgan fingerprint density at radius 2 is 2.16 bits per heavy atom. The lowest BCUT2D eigenvalue weighted by Crippen LogP contribution is -2.25. The van der Waals surface area contributed by atoms with Crippen LogP contribution in [0.25, 0.3) is 0 Å². The molecule has 0 saturated heterocycles. The topological polar surface area (TPSA) is 34.2 Å². The molecule has 19 heavy (non-hydrogen) atoms. The third kappa shape index (κ3) is 2.55. The van der Waals surface area contributed by atoms with E-state index in [1.54, 1.807) is 6.20 Å². The molecule has 0 radical (unpaired) electrons. The fraction of sp³-hybridized carbons (Fsp3) is 0.312. The van der Waals surface area contributed by atoms with Crippen LogP contribution in [0.3, 0.4) is 0 Å². The van der Waals surface area contributed by atoms with E-state index in [0.29, 0.717) is 0 Å². The number of benzene rings is 1. The second-order valence-electron chi connectivity index (χ2n) is 5.54. The molecule has 0 atom stereocenters. The molecular weight excluding hydrogens is 236 g/mol. The van der Waals surface area contributed by atoms with Gasteiger partial charge in [0.15, 0.2) is 0 Å². The number of rotatable bonds is 3. The van der Waals surface area contributed by atoms with Crippen molar-refractivity contribution in [2.45, 2.75) is 32.4 Å². The molecule has 3 rings (SSSR count). The molecule has 2 heterocycles. The van der Waals surface area contributed by atoms with E-state index in [4.69, 9.17) is 4.74 Å². The van der Waals surface area contributed by atoms with Gasteiger partial charge in [0.25, 0.3) is 0 Å². The lowest BCUT2D eigenvalue weighted by atomic mass is 10.0. The van der Waals surface area contributed by atoms with Crippen LogP contribution in [0.15, 0.2) is 42.7 Å². The highest BCUT2D eigenvalue weighted by molar-refractivity contribution is 5.48. The monoisotopic (exact) mass is 254 g/mol. The van der Waals surface area contributed by atoms with Gasteiger partial charge in [-0.25, -0.2) is 0 Å². The molecular formula is C16H18N2O. The van der Waals surface area contributed by atoms with E-state index < -0.39 is 0 Å². The normalized spacial score (nSPS) is 15.7. The van der Waals surface area contributed by atoms with Crippen LogP contribution in [0.4, 0.5) is 5.69 Å². The molecule has 1 aliphatic rings. The Hall–Kier alpha value is -2.03. The van der Waals surface area contributed by atoms with Crippen LogP contribution < -0.4 is 10.1 Å². The van der Waals surface area contributed by atoms with E-state index in [1.165, 1.54) is 11.1 Å². The summed E-state index contributed by atoms with van der Waals surface area (Å²) in [6, 6.07) is 10.3. The Balaban J connectivity index is 1.79. The number of para-hydroxylation sites is 1. The van der Waals surface area contributed by atoms with Crippen LogP contribution in [0.2, 0.25) is 0 Å². The van der Waals surface area contributed by atoms with Crippen molar-refractivity contribution in [2.75, 3.05) is 5.32 Å². The summed E-state index contributed by atoms with van der Waals surface area (Å²) in [5.41, 5.74) is 3.44. The second-order valence-corrected chi connectivity index (χ2v) is 5.54. The van der Waals surface area contributed by atoms with Crippen LogP contribution in [0.1, 0.15) is 25.0 Å². The van der Waals surface area contributed by atoms with Crippen molar-refractivity contribution >= 4 is 5.69 Å². The maximum atomic E-state index is 6.06. The molecule has 0 unspecified atom stereocenters. The van der Waals surface area contributed by atoms with Crippen molar-refractivity contribution < 1.29 is 4.74 Å². The zero-order valence-electron chi connectivity index (χ0n) is 11.3. The average Bonchev–Trinajstić information content (AvgIpc) is 2.72. The Morgan fingerprint density at radius 3 is 2.95 bits per heavy atom. The molecule has 1 N–H and O–H groups in total. The van der Waals surface area contributed by atoms with Gasteiger partial charge in [-0.05, 0) is 31.5 Å². The van der Waals surface area contributed by atoms with Crippen molar-refractivity contribution in [1.29, 1.82) is 0 Å². The van der Waals surface area contributed by atoms with Gasteiger partial charge in [0.1, 0.15) is 11.4 Å². The zero-order chi connectivity index (χ0) is 13.3. The van der Waals surface area contributed by atoms with Crippen LogP contribution in [-0.2, 0) is 13.0 Å². The molecule has 1 aromatic carbocycles. The number of hydrogen-bond donors (Lipinski definition) is 1. The Labute approximate surface area is 113 Å². The van der Waals surface area contributed by atoms with Crippen molar-refractivity contribution in [3.05, 3.63) is 53.9 Å². The van der Waals surface area contributed by atoms with Gasteiger partial charge in [-0.2, -0.15) is 0 Å². The van der Waals surface area contributed by atoms with Gasteiger partial charge >= 0.3 is 0 Å². The molecule has 98 valence electrons. The highest BCUT2D eigenvalue weighted by Gasteiger charge is 2.31. The fourth-order valence-electron chi connectivity index (χ4n) is 2.48. The zero-order valence-corrected chi connectivity index (χ0v) is 11.3. The quantitative estimate of drug-likeness (QED) is 0.911. The van der Waals surface area contributed by atoms with E-state index in [1.807, 2.05) is 18.3 Å². The SMILES string of the molecule is CC1(C)Cc2cccc(CNc3cccnc3)c2O1. The van der Waals surface area contributed by atoms with E-state index in [0.717, 1.165) is 24.4 Å². The smallest absolute Gasteiger partial charge is 0.128 e. The molecule has 2 aromatic rings. The molecule has 3 nitrogen and oxygen atoms in total. The fourth-order valence-corrected chi connectivity index (χ4v) is 2.48. The van der Waals surface area contributed by atoms with Gasteiger partial charge in [0.05, 0.1) is 5.69 Å². The maximum Gasteiger partial charge on any atom is 0.128 e. The molecule has 0 fully saturated rings. The summed E-state index contributed by atoms with van der Waals surface area (Å²) in [7, 11) is 0. The number of hydrogen-bond acceptors (Lipinski definition) is 3. The maximum absolute atomic E-state index is 6.06. The summed E-state index contributed by atoms with van der Waals surface area (Å²) in [6.45, 7) is 5.02. The summed E-state index contributed by atoms with van der Waals surface area (Å²) >= 11 is 0. The summed E-state index contributed by atoms with van der Waals surface area (Å²) in [6.07, 6.45) is 4.58. The summed E-state index contributed by atoms with van der Waals surface area (Å²) in [4.78, 5) is 4.10. The molecule has 1 aromatic heterocycles. The van der Waals surface area contributed by atoms with Gasteiger partial charge in [-0.3, -0.25) is 4.98 Å². The summed E-state index contributed by atoms with van der Waals surface area (Å²) < 4.78 is 6.06. The molecule has 0 aliphatic carbocycles. The van der Waals surface area contributed by atoms with Crippen molar-refractivity contribution in [1.82, 2.24) is 4.98 Å². The second kappa shape index (κ2) is 4.57. The highest BCUT2D eigenvalue weighted by Crippen LogP contribution is 2.37. The molecule has 3 heteroatoms. The number of pyridine rings is 1. The Morgan fingerprint density at radius 1 is 1.26 bits per heavy atom. The lowest BCUT2D eigenvalue weighted by molar-refractivity contribution is 0.137. The first-order valence-electron chi connectivity index (χ1n) is 6.58. The predicted octanol–water partition coefficient (Wildman–Crippen LogP) is 3.41. The number of ether oxygens (including phenoxy) is 1. The van der Waals surface area contributed by atoms with E-state index >= 15 is 0 Å². The first-order valence-corrected chi connectivity index (χ1v) is 6.58. The number of nitrogens with zero attached hydrogens (tertiary/aromatic N) is 1. The predicted molar refractivity (Wildman–Crippen MR) is 76.4 cm³/mol. The standard InChI is InChI=1S/C16H18N2O/c1-16(2)9-12-5-3-6-13(15(12)19-16)10-18-14-7-4-8-17-11-14/h3-8,11,18H,9-10H2,1-2H3. The van der Waals surface area contributed by atoms with E-state index in [-0.39, 0.29) is 5.60 Å². The summed E-state index contributed by atoms with van der Waals surface area (Å²) in [5, 5.41) is 3.38. The van der Waals surface area contributed by atoms with E-state index in [9.17, 15) is 0 Å². The first kappa shape index (κ1) is 12.0. The van der Waals surface area contributed by atoms with Gasteiger partial charge in [0.2, 0.25) is 0 Å². The molecule has 0 amide bonds. The van der Waals surface area contributed by atoms with Crippen molar-refractivity contribution in [3.8, 4) is 5.75 Å². The average molecular weight is 254 g/mol. The van der Waals surface area contributed by atoms with Crippen LogP contribution in [0.5, 0.6) is 5.75 Å². The minimum atomic E-state index is -0.0905. The third-order valence-corrected chi connectivity index (χ3v) is 3.32. The third-order valence-electron chi connectivity index (χ3n) is 3.32. The summed E-state index contributed by atoms with van der Waals surface area (Å²) in [5.74, 6) is 1.05. The minimum Gasteiger partial charge on any atom is -0.487 e. The first-order chi connectivity index (χ1) is 9.14. The Bertz CT molecular complexity index is 579. The molecule has 0 bridgehead atoms. The number of anilines is 1. The van der Waals surface area contributed by atoms with Crippen LogP contribution in [0, 0.1) is 0 Å². The number of fused-ring (bicyclic) bond motifs is 1.